The molecule has 2 bridgehead atoms. The van der Waals surface area contributed by atoms with Crippen molar-refractivity contribution in [3.63, 3.8) is 0 Å². The van der Waals surface area contributed by atoms with Crippen LogP contribution in [0.2, 0.25) is 0 Å². The molecule has 212 valence electrons. The third kappa shape index (κ3) is 4.58. The van der Waals surface area contributed by atoms with Crippen molar-refractivity contribution in [1.82, 2.24) is 15.4 Å². The van der Waals surface area contributed by atoms with Crippen LogP contribution >= 0.6 is 0 Å². The number of nitrogens with zero attached hydrogens (tertiary/aromatic N) is 2. The SMILES string of the molecule is COc1ccc(CCN2C(=O)[C@@H]3[C@@H](C(=O)Nc4cc(C)on4)[C@]4(C)C=C[C@]3(O4)[C@H]2C(=O)NCc2ccccc2)cc1. The summed E-state index contributed by atoms with van der Waals surface area (Å²) in [6.45, 7) is 4.08. The second-order valence-electron chi connectivity index (χ2n) is 11.0. The first-order valence-corrected chi connectivity index (χ1v) is 13.6. The lowest BCUT2D eigenvalue weighted by Crippen LogP contribution is -2.55. The zero-order valence-corrected chi connectivity index (χ0v) is 23.1. The third-order valence-electron chi connectivity index (χ3n) is 8.32. The highest BCUT2D eigenvalue weighted by atomic mass is 16.5. The number of anilines is 1. The number of likely N-dealkylation sites (tertiary alicyclic amines) is 1. The molecule has 5 atom stereocenters. The Bertz CT molecular complexity index is 1500. The van der Waals surface area contributed by atoms with Gasteiger partial charge in [-0.2, -0.15) is 0 Å². The summed E-state index contributed by atoms with van der Waals surface area (Å²) in [5, 5.41) is 9.65. The fraction of sp³-hybridized carbons (Fsp3) is 0.355. The van der Waals surface area contributed by atoms with Gasteiger partial charge >= 0.3 is 0 Å². The number of rotatable bonds is 9. The van der Waals surface area contributed by atoms with Crippen molar-refractivity contribution in [2.45, 2.75) is 44.1 Å². The zero-order chi connectivity index (χ0) is 28.8. The van der Waals surface area contributed by atoms with Crippen LogP contribution in [-0.4, -0.2) is 58.7 Å². The Morgan fingerprint density at radius 3 is 2.49 bits per heavy atom. The van der Waals surface area contributed by atoms with Crippen molar-refractivity contribution in [3.8, 4) is 5.75 Å². The first-order chi connectivity index (χ1) is 19.7. The average molecular weight is 557 g/mol. The van der Waals surface area contributed by atoms with Crippen LogP contribution in [0.4, 0.5) is 5.82 Å². The topological polar surface area (TPSA) is 123 Å². The molecule has 3 aliphatic heterocycles. The van der Waals surface area contributed by atoms with Crippen molar-refractivity contribution >= 4 is 23.5 Å². The molecule has 2 saturated heterocycles. The van der Waals surface area contributed by atoms with E-state index in [0.717, 1.165) is 16.9 Å². The maximum Gasteiger partial charge on any atom is 0.246 e. The van der Waals surface area contributed by atoms with Crippen molar-refractivity contribution in [1.29, 1.82) is 0 Å². The van der Waals surface area contributed by atoms with Gasteiger partial charge < -0.3 is 29.5 Å². The molecule has 3 amide bonds. The summed E-state index contributed by atoms with van der Waals surface area (Å²) in [6.07, 6.45) is 4.12. The number of hydrogen-bond acceptors (Lipinski definition) is 7. The van der Waals surface area contributed by atoms with Crippen LogP contribution in [0.15, 0.2) is 77.3 Å². The number of aryl methyl sites for hydroxylation is 1. The summed E-state index contributed by atoms with van der Waals surface area (Å²) in [5.74, 6) is -1.24. The van der Waals surface area contributed by atoms with Crippen molar-refractivity contribution in [2.75, 3.05) is 19.0 Å². The second kappa shape index (κ2) is 10.2. The molecule has 6 rings (SSSR count). The zero-order valence-electron chi connectivity index (χ0n) is 23.1. The van der Waals surface area contributed by atoms with Crippen LogP contribution in [0.25, 0.3) is 0 Å². The van der Waals surface area contributed by atoms with Crippen molar-refractivity contribution in [3.05, 3.63) is 89.7 Å². The highest BCUT2D eigenvalue weighted by Gasteiger charge is 2.76. The summed E-state index contributed by atoms with van der Waals surface area (Å²) in [5.41, 5.74) is -0.430. The Balaban J connectivity index is 1.30. The molecule has 1 aromatic heterocycles. The van der Waals surface area contributed by atoms with Crippen molar-refractivity contribution < 1.29 is 28.4 Å². The molecule has 0 aliphatic carbocycles. The normalized spacial score (nSPS) is 27.6. The number of ether oxygens (including phenoxy) is 2. The lowest BCUT2D eigenvalue weighted by molar-refractivity contribution is -0.144. The maximum atomic E-state index is 14.2. The second-order valence-corrected chi connectivity index (χ2v) is 11.0. The number of benzene rings is 2. The Morgan fingerprint density at radius 1 is 1.05 bits per heavy atom. The van der Waals surface area contributed by atoms with Gasteiger partial charge in [-0.1, -0.05) is 59.8 Å². The molecule has 0 saturated carbocycles. The van der Waals surface area contributed by atoms with E-state index in [-0.39, 0.29) is 24.2 Å². The van der Waals surface area contributed by atoms with E-state index in [1.807, 2.05) is 54.6 Å². The van der Waals surface area contributed by atoms with Gasteiger partial charge in [-0.3, -0.25) is 14.4 Å². The molecule has 2 aromatic carbocycles. The minimum Gasteiger partial charge on any atom is -0.497 e. The van der Waals surface area contributed by atoms with Gasteiger partial charge in [0.2, 0.25) is 17.7 Å². The highest BCUT2D eigenvalue weighted by Crippen LogP contribution is 2.59. The van der Waals surface area contributed by atoms with Crippen molar-refractivity contribution in [2.24, 2.45) is 11.8 Å². The van der Waals surface area contributed by atoms with Gasteiger partial charge in [0.25, 0.3) is 0 Å². The van der Waals surface area contributed by atoms with E-state index in [9.17, 15) is 14.4 Å². The fourth-order valence-corrected chi connectivity index (χ4v) is 6.42. The first kappa shape index (κ1) is 26.8. The van der Waals surface area contributed by atoms with Gasteiger partial charge in [-0.05, 0) is 43.5 Å². The van der Waals surface area contributed by atoms with Crippen LogP contribution in [0.3, 0.4) is 0 Å². The summed E-state index contributed by atoms with van der Waals surface area (Å²) in [7, 11) is 1.61. The lowest BCUT2D eigenvalue weighted by atomic mass is 9.70. The number of fused-ring (bicyclic) bond motifs is 1. The predicted octanol–water partition coefficient (Wildman–Crippen LogP) is 3.03. The highest BCUT2D eigenvalue weighted by molar-refractivity contribution is 6.03. The number of carbonyl (C=O) groups excluding carboxylic acids is 3. The molecule has 10 heteroatoms. The van der Waals surface area contributed by atoms with Crippen LogP contribution in [0, 0.1) is 18.8 Å². The van der Waals surface area contributed by atoms with Crippen LogP contribution in [-0.2, 0) is 32.1 Å². The fourth-order valence-electron chi connectivity index (χ4n) is 6.42. The molecule has 10 nitrogen and oxygen atoms in total. The van der Waals surface area contributed by atoms with Crippen LogP contribution in [0.5, 0.6) is 5.75 Å². The van der Waals surface area contributed by atoms with E-state index in [2.05, 4.69) is 15.8 Å². The van der Waals surface area contributed by atoms with E-state index in [4.69, 9.17) is 14.0 Å². The molecular weight excluding hydrogens is 524 g/mol. The number of carbonyl (C=O) groups is 3. The molecule has 41 heavy (non-hydrogen) atoms. The Hall–Kier alpha value is -4.44. The smallest absolute Gasteiger partial charge is 0.246 e. The quantitative estimate of drug-likeness (QED) is 0.389. The number of amides is 3. The molecule has 0 radical (unpaired) electrons. The van der Waals surface area contributed by atoms with Gasteiger partial charge in [0.15, 0.2) is 5.82 Å². The summed E-state index contributed by atoms with van der Waals surface area (Å²) in [6, 6.07) is 17.8. The summed E-state index contributed by atoms with van der Waals surface area (Å²) < 4.78 is 16.9. The van der Waals surface area contributed by atoms with Gasteiger partial charge in [0.1, 0.15) is 23.2 Å². The molecule has 0 unspecified atom stereocenters. The molecule has 4 heterocycles. The Morgan fingerprint density at radius 2 is 1.80 bits per heavy atom. The number of hydrogen-bond donors (Lipinski definition) is 2. The van der Waals surface area contributed by atoms with Gasteiger partial charge in [-0.15, -0.1) is 0 Å². The molecule has 2 N–H and O–H groups in total. The van der Waals surface area contributed by atoms with Crippen LogP contribution in [0.1, 0.15) is 23.8 Å². The van der Waals surface area contributed by atoms with E-state index >= 15 is 0 Å². The van der Waals surface area contributed by atoms with E-state index in [1.54, 1.807) is 44.1 Å². The first-order valence-electron chi connectivity index (χ1n) is 13.6. The molecular formula is C31H32N4O6. The minimum atomic E-state index is -1.28. The number of aromatic nitrogens is 1. The third-order valence-corrected chi connectivity index (χ3v) is 8.32. The van der Waals surface area contributed by atoms with Crippen LogP contribution < -0.4 is 15.4 Å². The molecule has 1 spiro atoms. The predicted molar refractivity (Wildman–Crippen MR) is 149 cm³/mol. The lowest BCUT2D eigenvalue weighted by Gasteiger charge is -2.33. The average Bonchev–Trinajstić information content (AvgIpc) is 3.68. The molecule has 3 aromatic rings. The van der Waals surface area contributed by atoms with E-state index < -0.39 is 35.0 Å². The summed E-state index contributed by atoms with van der Waals surface area (Å²) >= 11 is 0. The Labute approximate surface area is 237 Å². The van der Waals surface area contributed by atoms with E-state index in [0.29, 0.717) is 18.7 Å². The van der Waals surface area contributed by atoms with E-state index in [1.165, 1.54) is 0 Å². The molecule has 3 aliphatic rings. The number of methoxy groups -OCH3 is 1. The Kier molecular flexibility index (Phi) is 6.65. The number of nitrogens with one attached hydrogen (secondary N) is 2. The van der Waals surface area contributed by atoms with Gasteiger partial charge in [-0.25, -0.2) is 0 Å². The summed E-state index contributed by atoms with van der Waals surface area (Å²) in [4.78, 5) is 43.3. The van der Waals surface area contributed by atoms with Gasteiger partial charge in [0, 0.05) is 19.2 Å². The monoisotopic (exact) mass is 556 g/mol. The minimum absolute atomic E-state index is 0.260. The maximum absolute atomic E-state index is 14.2. The largest absolute Gasteiger partial charge is 0.497 e. The standard InChI is InChI=1S/C31H32N4O6/c1-19-17-23(34-40-19)33-27(36)24-25-29(38)35(16-13-20-9-11-22(39-3)12-10-20)26(31(25)15-14-30(24,2)41-31)28(37)32-18-21-7-5-4-6-8-21/h4-12,14-15,17,24-26H,13,16,18H2,1-3H3,(H,32,37)(H,33,34,36)/t24-,25-,26+,30-,31+/m0/s1. The molecule has 2 fully saturated rings. The van der Waals surface area contributed by atoms with Gasteiger partial charge in [0.05, 0.1) is 24.5 Å².